The molecular formula is C8H11Br2N3. The van der Waals surface area contributed by atoms with E-state index in [0.717, 1.165) is 24.2 Å². The maximum Gasteiger partial charge on any atom is 0.0871 e. The van der Waals surface area contributed by atoms with Crippen molar-refractivity contribution in [1.29, 1.82) is 0 Å². The third-order valence-corrected chi connectivity index (χ3v) is 5.52. The molecule has 0 spiro atoms. The summed E-state index contributed by atoms with van der Waals surface area (Å²) in [4.78, 5) is 2.77. The number of alkyl halides is 2. The molecule has 0 aromatic carbocycles. The van der Waals surface area contributed by atoms with Crippen LogP contribution in [0.4, 0.5) is 0 Å². The molecule has 0 aromatic rings. The van der Waals surface area contributed by atoms with Crippen LogP contribution >= 0.6 is 31.9 Å². The van der Waals surface area contributed by atoms with E-state index >= 15 is 0 Å². The van der Waals surface area contributed by atoms with Gasteiger partial charge in [0.1, 0.15) is 0 Å². The minimum Gasteiger partial charge on any atom is -0.0940 e. The van der Waals surface area contributed by atoms with Crippen LogP contribution in [0.2, 0.25) is 0 Å². The van der Waals surface area contributed by atoms with Gasteiger partial charge in [-0.3, -0.25) is 0 Å². The van der Waals surface area contributed by atoms with E-state index in [-0.39, 0.29) is 3.23 Å². The smallest absolute Gasteiger partial charge is 0.0871 e. The largest absolute Gasteiger partial charge is 0.0940 e. The third-order valence-electron chi connectivity index (χ3n) is 3.28. The Morgan fingerprint density at radius 1 is 1.46 bits per heavy atom. The van der Waals surface area contributed by atoms with Crippen LogP contribution in [0.5, 0.6) is 0 Å². The average molecular weight is 309 g/mol. The molecule has 0 unspecified atom stereocenters. The molecule has 3 atom stereocenters. The van der Waals surface area contributed by atoms with Gasteiger partial charge in [-0.2, -0.15) is 0 Å². The van der Waals surface area contributed by atoms with E-state index in [0.29, 0.717) is 6.54 Å². The molecule has 0 radical (unpaired) electrons. The van der Waals surface area contributed by atoms with Crippen molar-refractivity contribution < 1.29 is 0 Å². The van der Waals surface area contributed by atoms with Crippen LogP contribution in [0.1, 0.15) is 19.3 Å². The van der Waals surface area contributed by atoms with Crippen LogP contribution in [0.15, 0.2) is 5.11 Å². The zero-order valence-electron chi connectivity index (χ0n) is 7.16. The third kappa shape index (κ3) is 1.62. The molecule has 0 aliphatic heterocycles. The molecular weight excluding hydrogens is 298 g/mol. The molecule has 0 N–H and O–H groups in total. The van der Waals surface area contributed by atoms with Gasteiger partial charge in [-0.05, 0) is 42.5 Å². The molecule has 0 amide bonds. The highest BCUT2D eigenvalue weighted by atomic mass is 79.9. The topological polar surface area (TPSA) is 48.8 Å². The Balaban J connectivity index is 1.86. The van der Waals surface area contributed by atoms with Crippen LogP contribution in [0.3, 0.4) is 0 Å². The summed E-state index contributed by atoms with van der Waals surface area (Å²) in [5.41, 5.74) is 8.16. The molecule has 2 aliphatic carbocycles. The van der Waals surface area contributed by atoms with E-state index in [2.05, 4.69) is 41.9 Å². The van der Waals surface area contributed by atoms with Crippen LogP contribution in [-0.2, 0) is 0 Å². The Kier molecular flexibility index (Phi) is 2.60. The number of hydrogen-bond donors (Lipinski definition) is 0. The van der Waals surface area contributed by atoms with Gasteiger partial charge in [0.05, 0.1) is 3.23 Å². The van der Waals surface area contributed by atoms with Gasteiger partial charge in [0.25, 0.3) is 0 Å². The van der Waals surface area contributed by atoms with Crippen LogP contribution in [0.25, 0.3) is 10.4 Å². The van der Waals surface area contributed by atoms with E-state index in [1.165, 1.54) is 12.8 Å². The Labute approximate surface area is 94.2 Å². The van der Waals surface area contributed by atoms with Gasteiger partial charge in [-0.1, -0.05) is 37.0 Å². The average Bonchev–Trinajstić information content (AvgIpc) is 2.47. The molecule has 2 fully saturated rings. The first-order chi connectivity index (χ1) is 6.18. The highest BCUT2D eigenvalue weighted by Crippen LogP contribution is 2.71. The standard InChI is InChI=1S/C8H11Br2N3/c9-8(10)6-2-1-5(7(6)8)3-4-12-13-11/h5-7H,1-4H2/t5-,6+,7-/m1/s1. The molecule has 0 heterocycles. The van der Waals surface area contributed by atoms with Gasteiger partial charge in [0.2, 0.25) is 0 Å². The quantitative estimate of drug-likeness (QED) is 0.329. The second-order valence-corrected chi connectivity index (χ2v) is 7.58. The predicted octanol–water partition coefficient (Wildman–Crippen LogP) is 3.83. The molecule has 13 heavy (non-hydrogen) atoms. The zero-order chi connectivity index (χ0) is 9.47. The first-order valence-electron chi connectivity index (χ1n) is 4.56. The van der Waals surface area contributed by atoms with Gasteiger partial charge in [0.15, 0.2) is 0 Å². The summed E-state index contributed by atoms with van der Waals surface area (Å²) in [5.74, 6) is 2.32. The molecule has 3 nitrogen and oxygen atoms in total. The zero-order valence-corrected chi connectivity index (χ0v) is 10.3. The monoisotopic (exact) mass is 307 g/mol. The first kappa shape index (κ1) is 9.81. The van der Waals surface area contributed by atoms with Crippen LogP contribution < -0.4 is 0 Å². The van der Waals surface area contributed by atoms with Gasteiger partial charge >= 0.3 is 0 Å². The van der Waals surface area contributed by atoms with E-state index in [4.69, 9.17) is 5.53 Å². The Hall–Kier alpha value is 0.270. The van der Waals surface area contributed by atoms with Crippen molar-refractivity contribution in [3.8, 4) is 0 Å². The summed E-state index contributed by atoms with van der Waals surface area (Å²) in [5, 5.41) is 3.59. The van der Waals surface area contributed by atoms with Crippen molar-refractivity contribution in [2.75, 3.05) is 6.54 Å². The second kappa shape index (κ2) is 3.44. The molecule has 2 aliphatic rings. The number of nitrogens with zero attached hydrogens (tertiary/aromatic N) is 3. The number of fused-ring (bicyclic) bond motifs is 1. The van der Waals surface area contributed by atoms with Crippen molar-refractivity contribution in [3.05, 3.63) is 10.4 Å². The summed E-state index contributed by atoms with van der Waals surface area (Å²) in [7, 11) is 0. The van der Waals surface area contributed by atoms with Crippen molar-refractivity contribution in [2.24, 2.45) is 22.9 Å². The maximum atomic E-state index is 8.16. The first-order valence-corrected chi connectivity index (χ1v) is 6.15. The van der Waals surface area contributed by atoms with Crippen molar-refractivity contribution in [3.63, 3.8) is 0 Å². The van der Waals surface area contributed by atoms with Crippen molar-refractivity contribution in [1.82, 2.24) is 0 Å². The molecule has 0 saturated heterocycles. The highest BCUT2D eigenvalue weighted by Gasteiger charge is 2.66. The summed E-state index contributed by atoms with van der Waals surface area (Å²) < 4.78 is 0.222. The fourth-order valence-corrected chi connectivity index (χ4v) is 4.75. The van der Waals surface area contributed by atoms with Crippen molar-refractivity contribution >= 4 is 31.9 Å². The van der Waals surface area contributed by atoms with Gasteiger partial charge < -0.3 is 0 Å². The minimum atomic E-state index is 0.222. The summed E-state index contributed by atoms with van der Waals surface area (Å²) in [6.07, 6.45) is 3.65. The summed E-state index contributed by atoms with van der Waals surface area (Å²) in [6.45, 7) is 0.653. The lowest BCUT2D eigenvalue weighted by Gasteiger charge is -2.13. The molecule has 0 bridgehead atoms. The molecule has 2 rings (SSSR count). The Morgan fingerprint density at radius 3 is 2.77 bits per heavy atom. The molecule has 5 heteroatoms. The minimum absolute atomic E-state index is 0.222. The molecule has 2 saturated carbocycles. The lowest BCUT2D eigenvalue weighted by atomic mass is 10.00. The van der Waals surface area contributed by atoms with E-state index < -0.39 is 0 Å². The predicted molar refractivity (Wildman–Crippen MR) is 58.9 cm³/mol. The van der Waals surface area contributed by atoms with E-state index in [9.17, 15) is 0 Å². The number of hydrogen-bond acceptors (Lipinski definition) is 1. The van der Waals surface area contributed by atoms with Gasteiger partial charge in [-0.25, -0.2) is 0 Å². The highest BCUT2D eigenvalue weighted by molar-refractivity contribution is 9.25. The number of azide groups is 1. The Bertz CT molecular complexity index is 260. The second-order valence-electron chi connectivity index (χ2n) is 3.89. The maximum absolute atomic E-state index is 8.16. The van der Waals surface area contributed by atoms with Gasteiger partial charge in [-0.15, -0.1) is 0 Å². The van der Waals surface area contributed by atoms with Crippen LogP contribution in [-0.4, -0.2) is 9.78 Å². The SMILES string of the molecule is [N-]=[N+]=NCC[C@H]1CC[C@H]2[C@@H]1C2(Br)Br. The van der Waals surface area contributed by atoms with Gasteiger partial charge in [0, 0.05) is 11.5 Å². The van der Waals surface area contributed by atoms with Crippen molar-refractivity contribution in [2.45, 2.75) is 22.5 Å². The fraction of sp³-hybridized carbons (Fsp3) is 1.00. The van der Waals surface area contributed by atoms with E-state index in [1.54, 1.807) is 0 Å². The lowest BCUT2D eigenvalue weighted by molar-refractivity contribution is 0.450. The molecule has 72 valence electrons. The summed E-state index contributed by atoms with van der Waals surface area (Å²) in [6, 6.07) is 0. The fourth-order valence-electron chi connectivity index (χ4n) is 2.60. The van der Waals surface area contributed by atoms with Crippen LogP contribution in [0, 0.1) is 17.8 Å². The number of rotatable bonds is 3. The summed E-state index contributed by atoms with van der Waals surface area (Å²) >= 11 is 7.38. The van der Waals surface area contributed by atoms with E-state index in [1.807, 2.05) is 0 Å². The Morgan fingerprint density at radius 2 is 2.23 bits per heavy atom. The number of halogens is 2. The normalized spacial score (nSPS) is 39.4. The molecule has 0 aromatic heterocycles. The lowest BCUT2D eigenvalue weighted by Crippen LogP contribution is -2.07.